The maximum atomic E-state index is 9.14. The van der Waals surface area contributed by atoms with Crippen molar-refractivity contribution in [1.82, 2.24) is 0 Å². The van der Waals surface area contributed by atoms with Gasteiger partial charge in [0.05, 0.1) is 30.4 Å². The van der Waals surface area contributed by atoms with E-state index in [1.165, 1.54) is 12.1 Å². The maximum absolute atomic E-state index is 9.14. The molecule has 92 valence electrons. The number of nitriles is 1. The average molecular weight is 257 g/mol. The van der Waals surface area contributed by atoms with Crippen LogP contribution in [0.5, 0.6) is 0 Å². The Kier molecular flexibility index (Phi) is 4.73. The van der Waals surface area contributed by atoms with Gasteiger partial charge in [0, 0.05) is 5.69 Å². The Morgan fingerprint density at radius 1 is 1.24 bits per heavy atom. The second kappa shape index (κ2) is 5.84. The van der Waals surface area contributed by atoms with Gasteiger partial charge in [0.25, 0.3) is 0 Å². The molecule has 0 spiro atoms. The molecule has 1 rings (SSSR count). The van der Waals surface area contributed by atoms with E-state index in [0.29, 0.717) is 11.3 Å². The van der Waals surface area contributed by atoms with Gasteiger partial charge in [-0.15, -0.1) is 0 Å². The van der Waals surface area contributed by atoms with Crippen molar-refractivity contribution < 1.29 is 15.3 Å². The van der Waals surface area contributed by atoms with Crippen molar-refractivity contribution in [1.29, 1.82) is 5.26 Å². The number of benzene rings is 1. The summed E-state index contributed by atoms with van der Waals surface area (Å²) in [6.45, 7) is -1.30. The number of rotatable bonds is 5. The minimum absolute atomic E-state index is 0.264. The Morgan fingerprint density at radius 2 is 1.82 bits per heavy atom. The fourth-order valence-electron chi connectivity index (χ4n) is 1.26. The first-order valence-electron chi connectivity index (χ1n) is 4.91. The molecule has 0 aromatic heterocycles. The second-order valence-electron chi connectivity index (χ2n) is 3.69. The number of aliphatic hydroxyl groups excluding tert-OH is 3. The number of anilines is 1. The smallest absolute Gasteiger partial charge is 0.107 e. The first-order chi connectivity index (χ1) is 8.10. The van der Waals surface area contributed by atoms with Gasteiger partial charge in [0.2, 0.25) is 0 Å². The number of nitrogens with one attached hydrogen (secondary N) is 1. The van der Waals surface area contributed by atoms with Gasteiger partial charge in [0.15, 0.2) is 0 Å². The molecular weight excluding hydrogens is 244 g/mol. The lowest BCUT2D eigenvalue weighted by Crippen LogP contribution is -2.49. The summed E-state index contributed by atoms with van der Waals surface area (Å²) in [6.07, 6.45) is 0. The van der Waals surface area contributed by atoms with Gasteiger partial charge in [-0.2, -0.15) is 5.26 Å². The van der Waals surface area contributed by atoms with Crippen LogP contribution in [0.15, 0.2) is 18.2 Å². The highest BCUT2D eigenvalue weighted by Gasteiger charge is 2.27. The van der Waals surface area contributed by atoms with Gasteiger partial charge < -0.3 is 20.6 Å². The third kappa shape index (κ3) is 3.08. The second-order valence-corrected chi connectivity index (χ2v) is 4.09. The van der Waals surface area contributed by atoms with E-state index in [-0.39, 0.29) is 5.02 Å². The summed E-state index contributed by atoms with van der Waals surface area (Å²) in [4.78, 5) is 0. The Hall–Kier alpha value is -1.32. The first kappa shape index (κ1) is 13.7. The lowest BCUT2D eigenvalue weighted by atomic mass is 10.0. The summed E-state index contributed by atoms with van der Waals surface area (Å²) in [5.74, 6) is 0. The molecule has 5 nitrogen and oxygen atoms in total. The molecule has 0 atom stereocenters. The highest BCUT2D eigenvalue weighted by atomic mass is 35.5. The molecule has 1 aromatic rings. The zero-order valence-corrected chi connectivity index (χ0v) is 9.78. The molecule has 0 aliphatic rings. The van der Waals surface area contributed by atoms with Crippen LogP contribution in [0.25, 0.3) is 0 Å². The van der Waals surface area contributed by atoms with Gasteiger partial charge >= 0.3 is 0 Å². The number of hydrogen-bond acceptors (Lipinski definition) is 5. The molecule has 0 saturated heterocycles. The third-order valence-corrected chi connectivity index (χ3v) is 2.72. The van der Waals surface area contributed by atoms with E-state index >= 15 is 0 Å². The summed E-state index contributed by atoms with van der Waals surface area (Å²) >= 11 is 5.84. The Balaban J connectivity index is 2.95. The van der Waals surface area contributed by atoms with Crippen LogP contribution < -0.4 is 5.32 Å². The monoisotopic (exact) mass is 256 g/mol. The van der Waals surface area contributed by atoms with E-state index in [9.17, 15) is 0 Å². The average Bonchev–Trinajstić information content (AvgIpc) is 2.36. The van der Waals surface area contributed by atoms with Gasteiger partial charge in [0.1, 0.15) is 11.6 Å². The predicted octanol–water partition coefficient (Wildman–Crippen LogP) is 0.339. The van der Waals surface area contributed by atoms with Crippen LogP contribution in [0.1, 0.15) is 5.56 Å². The van der Waals surface area contributed by atoms with Gasteiger partial charge in [-0.3, -0.25) is 0 Å². The van der Waals surface area contributed by atoms with Crippen molar-refractivity contribution in [3.8, 4) is 6.07 Å². The topological polar surface area (TPSA) is 96.5 Å². The van der Waals surface area contributed by atoms with E-state index < -0.39 is 25.4 Å². The normalized spacial score (nSPS) is 11.0. The van der Waals surface area contributed by atoms with E-state index in [1.54, 1.807) is 6.07 Å². The quantitative estimate of drug-likeness (QED) is 0.609. The fraction of sp³-hybridized carbons (Fsp3) is 0.364. The molecule has 0 bridgehead atoms. The summed E-state index contributed by atoms with van der Waals surface area (Å²) < 4.78 is 0. The highest BCUT2D eigenvalue weighted by molar-refractivity contribution is 6.32. The van der Waals surface area contributed by atoms with Crippen molar-refractivity contribution in [2.24, 2.45) is 0 Å². The van der Waals surface area contributed by atoms with E-state index in [0.717, 1.165) is 0 Å². The van der Waals surface area contributed by atoms with Crippen molar-refractivity contribution in [2.45, 2.75) is 5.54 Å². The van der Waals surface area contributed by atoms with E-state index in [1.807, 2.05) is 6.07 Å². The largest absolute Gasteiger partial charge is 0.394 e. The molecule has 0 unspecified atom stereocenters. The first-order valence-corrected chi connectivity index (χ1v) is 5.29. The molecule has 0 radical (unpaired) electrons. The van der Waals surface area contributed by atoms with Gasteiger partial charge in [-0.25, -0.2) is 0 Å². The van der Waals surface area contributed by atoms with Crippen LogP contribution in [0.4, 0.5) is 5.69 Å². The molecule has 17 heavy (non-hydrogen) atoms. The summed E-state index contributed by atoms with van der Waals surface area (Å²) in [7, 11) is 0. The van der Waals surface area contributed by atoms with Crippen LogP contribution in [0.3, 0.4) is 0 Å². The molecule has 4 N–H and O–H groups in total. The predicted molar refractivity (Wildman–Crippen MR) is 63.8 cm³/mol. The molecule has 0 aliphatic carbocycles. The highest BCUT2D eigenvalue weighted by Crippen LogP contribution is 2.22. The molecule has 0 saturated carbocycles. The van der Waals surface area contributed by atoms with Crippen LogP contribution in [0, 0.1) is 11.3 Å². The number of hydrogen-bond donors (Lipinski definition) is 4. The molecule has 0 fully saturated rings. The molecule has 0 aliphatic heterocycles. The third-order valence-electron chi connectivity index (χ3n) is 2.41. The van der Waals surface area contributed by atoms with E-state index in [4.69, 9.17) is 32.2 Å². The lowest BCUT2D eigenvalue weighted by molar-refractivity contribution is 0.0834. The molecule has 0 amide bonds. The summed E-state index contributed by atoms with van der Waals surface area (Å²) in [6, 6.07) is 6.51. The van der Waals surface area contributed by atoms with Crippen molar-refractivity contribution in [2.75, 3.05) is 25.1 Å². The van der Waals surface area contributed by atoms with Gasteiger partial charge in [-0.05, 0) is 18.2 Å². The SMILES string of the molecule is N#Cc1ccc(NC(CO)(CO)CO)cc1Cl. The minimum Gasteiger partial charge on any atom is -0.394 e. The number of halogens is 1. The number of aliphatic hydroxyl groups is 3. The van der Waals surface area contributed by atoms with Crippen molar-refractivity contribution in [3.05, 3.63) is 28.8 Å². The Labute approximate surface area is 104 Å². The van der Waals surface area contributed by atoms with Crippen LogP contribution in [0.2, 0.25) is 5.02 Å². The molecular formula is C11H13ClN2O3. The van der Waals surface area contributed by atoms with Crippen LogP contribution in [-0.2, 0) is 0 Å². The van der Waals surface area contributed by atoms with Crippen molar-refractivity contribution >= 4 is 17.3 Å². The summed E-state index contributed by atoms with van der Waals surface area (Å²) in [5.41, 5.74) is -0.372. The van der Waals surface area contributed by atoms with Crippen LogP contribution >= 0.6 is 11.6 Å². The standard InChI is InChI=1S/C11H13ClN2O3/c12-10-3-9(2-1-8(10)4-13)14-11(5-15,6-16)7-17/h1-3,14-17H,5-7H2. The molecule has 6 heteroatoms. The fourth-order valence-corrected chi connectivity index (χ4v) is 1.48. The van der Waals surface area contributed by atoms with Crippen molar-refractivity contribution in [3.63, 3.8) is 0 Å². The number of nitrogens with zero attached hydrogens (tertiary/aromatic N) is 1. The Bertz CT molecular complexity index is 419. The van der Waals surface area contributed by atoms with E-state index in [2.05, 4.69) is 5.32 Å². The molecule has 1 aromatic carbocycles. The van der Waals surface area contributed by atoms with Crippen LogP contribution in [-0.4, -0.2) is 40.7 Å². The lowest BCUT2D eigenvalue weighted by Gasteiger charge is -2.30. The minimum atomic E-state index is -1.21. The Morgan fingerprint density at radius 3 is 2.24 bits per heavy atom. The maximum Gasteiger partial charge on any atom is 0.107 e. The zero-order chi connectivity index (χ0) is 12.9. The zero-order valence-electron chi connectivity index (χ0n) is 9.02. The molecule has 0 heterocycles. The van der Waals surface area contributed by atoms with Gasteiger partial charge in [-0.1, -0.05) is 11.6 Å². The summed E-state index contributed by atoms with van der Waals surface area (Å²) in [5, 5.41) is 39.2.